The van der Waals surface area contributed by atoms with Crippen molar-refractivity contribution in [3.8, 4) is 0 Å². The Bertz CT molecular complexity index is 225. The maximum absolute atomic E-state index is 11.0. The van der Waals surface area contributed by atoms with Crippen LogP contribution in [0.25, 0.3) is 0 Å². The SMILES string of the molecule is CC(C)CN(CC(C)C)S([NH])(=O)=O. The van der Waals surface area contributed by atoms with Crippen molar-refractivity contribution in [3.63, 3.8) is 0 Å². The van der Waals surface area contributed by atoms with Gasteiger partial charge in [0.2, 0.25) is 0 Å². The van der Waals surface area contributed by atoms with Crippen LogP contribution in [-0.4, -0.2) is 25.8 Å². The zero-order chi connectivity index (χ0) is 10.6. The molecule has 0 atom stereocenters. The molecule has 0 aliphatic heterocycles. The first-order chi connectivity index (χ1) is 5.73. The summed E-state index contributed by atoms with van der Waals surface area (Å²) in [6, 6.07) is 0. The van der Waals surface area contributed by atoms with E-state index in [-0.39, 0.29) is 11.8 Å². The van der Waals surface area contributed by atoms with Crippen molar-refractivity contribution in [2.24, 2.45) is 11.8 Å². The zero-order valence-corrected chi connectivity index (χ0v) is 9.56. The third-order valence-electron chi connectivity index (χ3n) is 1.48. The highest BCUT2D eigenvalue weighted by Crippen LogP contribution is 2.06. The molecule has 1 radical (unpaired) electrons. The fourth-order valence-corrected chi connectivity index (χ4v) is 2.07. The van der Waals surface area contributed by atoms with Gasteiger partial charge in [-0.3, -0.25) is 0 Å². The molecule has 1 N–H and O–H groups in total. The largest absolute Gasteiger partial charge is 0.293 e. The van der Waals surface area contributed by atoms with Crippen LogP contribution in [0.1, 0.15) is 27.7 Å². The molecule has 0 saturated heterocycles. The summed E-state index contributed by atoms with van der Waals surface area (Å²) in [5, 5.41) is 6.97. The molecular weight excluding hydrogens is 188 g/mol. The van der Waals surface area contributed by atoms with Crippen molar-refractivity contribution in [1.82, 2.24) is 9.44 Å². The molecule has 13 heavy (non-hydrogen) atoms. The Labute approximate surface area is 81.3 Å². The van der Waals surface area contributed by atoms with Crippen molar-refractivity contribution >= 4 is 10.2 Å². The maximum atomic E-state index is 11.0. The Hall–Kier alpha value is -0.130. The monoisotopic (exact) mass is 207 g/mol. The van der Waals surface area contributed by atoms with Crippen molar-refractivity contribution in [2.45, 2.75) is 27.7 Å². The quantitative estimate of drug-likeness (QED) is 0.678. The second-order valence-corrected chi connectivity index (χ2v) is 5.58. The van der Waals surface area contributed by atoms with Crippen molar-refractivity contribution in [1.29, 1.82) is 0 Å². The molecule has 0 spiro atoms. The van der Waals surface area contributed by atoms with Crippen LogP contribution < -0.4 is 5.14 Å². The summed E-state index contributed by atoms with van der Waals surface area (Å²) < 4.78 is 23.2. The van der Waals surface area contributed by atoms with E-state index in [0.29, 0.717) is 13.1 Å². The fourth-order valence-electron chi connectivity index (χ4n) is 1.09. The first kappa shape index (κ1) is 12.9. The average Bonchev–Trinajstić information content (AvgIpc) is 1.81. The van der Waals surface area contributed by atoms with Crippen LogP contribution in [0.15, 0.2) is 0 Å². The van der Waals surface area contributed by atoms with Gasteiger partial charge >= 0.3 is 0 Å². The maximum Gasteiger partial charge on any atom is 0.293 e. The van der Waals surface area contributed by atoms with E-state index in [4.69, 9.17) is 5.14 Å². The first-order valence-corrected chi connectivity index (χ1v) is 5.92. The van der Waals surface area contributed by atoms with E-state index in [1.54, 1.807) is 0 Å². The van der Waals surface area contributed by atoms with Gasteiger partial charge in [-0.1, -0.05) is 27.7 Å². The molecule has 0 aliphatic rings. The molecule has 0 heterocycles. The highest BCUT2D eigenvalue weighted by atomic mass is 32.2. The fraction of sp³-hybridized carbons (Fsp3) is 1.00. The van der Waals surface area contributed by atoms with Gasteiger partial charge in [-0.05, 0) is 11.8 Å². The van der Waals surface area contributed by atoms with E-state index in [1.165, 1.54) is 4.31 Å². The zero-order valence-electron chi connectivity index (χ0n) is 8.74. The van der Waals surface area contributed by atoms with Gasteiger partial charge in [0, 0.05) is 13.1 Å². The smallest absolute Gasteiger partial charge is 0.194 e. The number of hydrogen-bond donors (Lipinski definition) is 0. The van der Waals surface area contributed by atoms with Gasteiger partial charge in [0.25, 0.3) is 10.2 Å². The van der Waals surface area contributed by atoms with Gasteiger partial charge in [-0.15, -0.1) is 5.14 Å². The van der Waals surface area contributed by atoms with E-state index < -0.39 is 10.2 Å². The predicted octanol–water partition coefficient (Wildman–Crippen LogP) is 1.13. The molecular formula is C8H19N2O2S. The van der Waals surface area contributed by atoms with Crippen LogP contribution >= 0.6 is 0 Å². The summed E-state index contributed by atoms with van der Waals surface area (Å²) in [6.07, 6.45) is 0. The third kappa shape index (κ3) is 6.01. The second kappa shape index (κ2) is 4.93. The first-order valence-electron chi connectivity index (χ1n) is 4.48. The minimum atomic E-state index is -3.77. The molecule has 79 valence electrons. The lowest BCUT2D eigenvalue weighted by atomic mass is 10.2. The number of nitrogens with zero attached hydrogens (tertiary/aromatic N) is 1. The van der Waals surface area contributed by atoms with E-state index in [1.807, 2.05) is 27.7 Å². The summed E-state index contributed by atoms with van der Waals surface area (Å²) in [7, 11) is -3.77. The van der Waals surface area contributed by atoms with Crippen molar-refractivity contribution in [2.75, 3.05) is 13.1 Å². The molecule has 0 fully saturated rings. The second-order valence-electron chi connectivity index (χ2n) is 4.11. The number of nitrogens with one attached hydrogen (secondary N) is 1. The van der Waals surface area contributed by atoms with Crippen LogP contribution in [0, 0.1) is 11.8 Å². The molecule has 0 bridgehead atoms. The van der Waals surface area contributed by atoms with Gasteiger partial charge in [-0.2, -0.15) is 12.7 Å². The molecule has 0 aromatic carbocycles. The topological polar surface area (TPSA) is 61.2 Å². The third-order valence-corrected chi connectivity index (χ3v) is 2.46. The molecule has 0 unspecified atom stereocenters. The molecule has 0 aromatic heterocycles. The summed E-state index contributed by atoms with van der Waals surface area (Å²) in [5.41, 5.74) is 0. The Balaban J connectivity index is 4.39. The summed E-state index contributed by atoms with van der Waals surface area (Å²) in [5.74, 6) is 0.526. The Morgan fingerprint density at radius 3 is 1.54 bits per heavy atom. The Morgan fingerprint density at radius 2 is 1.38 bits per heavy atom. The normalized spacial score (nSPS) is 13.2. The van der Waals surface area contributed by atoms with Gasteiger partial charge in [-0.25, -0.2) is 0 Å². The van der Waals surface area contributed by atoms with Gasteiger partial charge in [0.15, 0.2) is 0 Å². The van der Waals surface area contributed by atoms with Crippen LogP contribution in [-0.2, 0) is 10.2 Å². The average molecular weight is 207 g/mol. The molecule has 0 aliphatic carbocycles. The molecule has 0 rings (SSSR count). The van der Waals surface area contributed by atoms with Crippen molar-refractivity contribution in [3.05, 3.63) is 0 Å². The lowest BCUT2D eigenvalue weighted by Crippen LogP contribution is -2.37. The van der Waals surface area contributed by atoms with Crippen LogP contribution in [0.3, 0.4) is 0 Å². The van der Waals surface area contributed by atoms with E-state index >= 15 is 0 Å². The van der Waals surface area contributed by atoms with Crippen LogP contribution in [0.4, 0.5) is 0 Å². The van der Waals surface area contributed by atoms with E-state index in [9.17, 15) is 8.42 Å². The van der Waals surface area contributed by atoms with Crippen LogP contribution in [0.5, 0.6) is 0 Å². The van der Waals surface area contributed by atoms with Gasteiger partial charge < -0.3 is 0 Å². The molecule has 4 nitrogen and oxygen atoms in total. The molecule has 0 amide bonds. The summed E-state index contributed by atoms with van der Waals surface area (Å²) in [6.45, 7) is 8.64. The summed E-state index contributed by atoms with van der Waals surface area (Å²) >= 11 is 0. The lowest BCUT2D eigenvalue weighted by molar-refractivity contribution is 0.333. The predicted molar refractivity (Wildman–Crippen MR) is 53.3 cm³/mol. The van der Waals surface area contributed by atoms with Gasteiger partial charge in [0.05, 0.1) is 0 Å². The van der Waals surface area contributed by atoms with E-state index in [2.05, 4.69) is 0 Å². The van der Waals surface area contributed by atoms with Crippen molar-refractivity contribution < 1.29 is 8.42 Å². The highest BCUT2D eigenvalue weighted by Gasteiger charge is 2.19. The number of hydrogen-bond acceptors (Lipinski definition) is 2. The number of rotatable bonds is 5. The molecule has 0 saturated carbocycles. The lowest BCUT2D eigenvalue weighted by Gasteiger charge is -2.22. The Kier molecular flexibility index (Phi) is 4.88. The Morgan fingerprint density at radius 1 is 1.08 bits per heavy atom. The van der Waals surface area contributed by atoms with Gasteiger partial charge in [0.1, 0.15) is 0 Å². The molecule has 0 aromatic rings. The van der Waals surface area contributed by atoms with E-state index in [0.717, 1.165) is 0 Å². The minimum absolute atomic E-state index is 0.263. The summed E-state index contributed by atoms with van der Waals surface area (Å²) in [4.78, 5) is 0. The molecule has 5 heteroatoms. The minimum Gasteiger partial charge on any atom is -0.194 e. The standard InChI is InChI=1S/C8H19N2O2S/c1-7(2)5-10(6-8(3)4)13(9,11)12/h7-9H,5-6H2,1-4H3. The highest BCUT2D eigenvalue weighted by molar-refractivity contribution is 7.86. The van der Waals surface area contributed by atoms with Crippen LogP contribution in [0.2, 0.25) is 0 Å².